The number of aryl methyl sites for hydroxylation is 1. The molecule has 1 saturated heterocycles. The van der Waals surface area contributed by atoms with Crippen molar-refractivity contribution in [1.82, 2.24) is 9.78 Å². The van der Waals surface area contributed by atoms with Crippen LogP contribution in [0.3, 0.4) is 0 Å². The Morgan fingerprint density at radius 2 is 1.63 bits per heavy atom. The average Bonchev–Trinajstić information content (AvgIpc) is 3.37. The second kappa shape index (κ2) is 5.62. The number of hydrogen-bond donors (Lipinski definition) is 0. The van der Waals surface area contributed by atoms with Gasteiger partial charge in [0, 0.05) is 0 Å². The van der Waals surface area contributed by atoms with Gasteiger partial charge >= 0.3 is 0 Å². The van der Waals surface area contributed by atoms with E-state index < -0.39 is 0 Å². The number of amides is 2. The van der Waals surface area contributed by atoms with Crippen molar-refractivity contribution in [2.75, 3.05) is 4.90 Å². The molecule has 1 aromatic carbocycles. The van der Waals surface area contributed by atoms with Crippen LogP contribution in [0.25, 0.3) is 0 Å². The standard InChI is InChI=1S/C21H20FN3O2/c1-11-19(12(2)24(23-11)10-13-3-7-16(22)8-4-13)25-20(26)17-14-5-6-15(9-14)18(17)21(25)27/h3-8,14-15,17-18H,9-10H2,1-2H3/t14-,15-,17-,18-/m0/s1. The van der Waals surface area contributed by atoms with E-state index in [4.69, 9.17) is 0 Å². The Morgan fingerprint density at radius 3 is 2.22 bits per heavy atom. The highest BCUT2D eigenvalue weighted by molar-refractivity contribution is 6.23. The number of benzene rings is 1. The molecule has 0 radical (unpaired) electrons. The van der Waals surface area contributed by atoms with Crippen molar-refractivity contribution in [3.63, 3.8) is 0 Å². The average molecular weight is 365 g/mol. The van der Waals surface area contributed by atoms with Crippen LogP contribution in [-0.4, -0.2) is 21.6 Å². The van der Waals surface area contributed by atoms with Gasteiger partial charge in [0.1, 0.15) is 5.82 Å². The van der Waals surface area contributed by atoms with Gasteiger partial charge in [-0.2, -0.15) is 5.10 Å². The maximum absolute atomic E-state index is 13.1. The third-order valence-corrected chi connectivity index (χ3v) is 6.28. The molecule has 0 N–H and O–H groups in total. The quantitative estimate of drug-likeness (QED) is 0.621. The zero-order valence-electron chi connectivity index (χ0n) is 15.2. The molecule has 27 heavy (non-hydrogen) atoms. The fraction of sp³-hybridized carbons (Fsp3) is 0.381. The van der Waals surface area contributed by atoms with Gasteiger partial charge in [-0.1, -0.05) is 24.3 Å². The Morgan fingerprint density at radius 1 is 1.04 bits per heavy atom. The van der Waals surface area contributed by atoms with Crippen LogP contribution in [0, 0.1) is 43.3 Å². The molecule has 2 amide bonds. The summed E-state index contributed by atoms with van der Waals surface area (Å²) in [4.78, 5) is 27.6. The summed E-state index contributed by atoms with van der Waals surface area (Å²) in [5.74, 6) is -0.509. The minimum Gasteiger partial charge on any atom is -0.274 e. The molecule has 5 nitrogen and oxygen atoms in total. The van der Waals surface area contributed by atoms with Crippen LogP contribution in [0.5, 0.6) is 0 Å². The molecule has 2 aliphatic carbocycles. The number of anilines is 1. The molecule has 2 bridgehead atoms. The lowest BCUT2D eigenvalue weighted by atomic mass is 9.85. The molecule has 0 unspecified atom stereocenters. The second-order valence-corrected chi connectivity index (χ2v) is 7.82. The lowest BCUT2D eigenvalue weighted by Crippen LogP contribution is -2.33. The minimum absolute atomic E-state index is 0.0885. The number of carbonyl (C=O) groups excluding carboxylic acids is 2. The van der Waals surface area contributed by atoms with Gasteiger partial charge in [0.15, 0.2) is 0 Å². The van der Waals surface area contributed by atoms with E-state index in [0.29, 0.717) is 17.9 Å². The molecule has 4 atom stereocenters. The highest BCUT2D eigenvalue weighted by atomic mass is 19.1. The fourth-order valence-electron chi connectivity index (χ4n) is 5.05. The van der Waals surface area contributed by atoms with Gasteiger partial charge in [-0.15, -0.1) is 0 Å². The van der Waals surface area contributed by atoms with Crippen LogP contribution in [0.15, 0.2) is 36.4 Å². The summed E-state index contributed by atoms with van der Waals surface area (Å²) in [5, 5.41) is 4.55. The molecular weight excluding hydrogens is 345 g/mol. The largest absolute Gasteiger partial charge is 0.274 e. The van der Waals surface area contributed by atoms with Gasteiger partial charge in [-0.3, -0.25) is 14.3 Å². The van der Waals surface area contributed by atoms with Crippen molar-refractivity contribution in [2.24, 2.45) is 23.7 Å². The highest BCUT2D eigenvalue weighted by Gasteiger charge is 2.60. The third kappa shape index (κ3) is 2.25. The second-order valence-electron chi connectivity index (χ2n) is 7.82. The van der Waals surface area contributed by atoms with E-state index in [1.165, 1.54) is 17.0 Å². The highest BCUT2D eigenvalue weighted by Crippen LogP contribution is 2.53. The number of nitrogens with zero attached hydrogens (tertiary/aromatic N) is 3. The molecule has 2 aromatic rings. The molecule has 2 fully saturated rings. The number of allylic oxidation sites excluding steroid dienone is 2. The minimum atomic E-state index is -0.282. The number of halogens is 1. The summed E-state index contributed by atoms with van der Waals surface area (Å²) in [6.07, 6.45) is 5.11. The maximum atomic E-state index is 13.1. The fourth-order valence-corrected chi connectivity index (χ4v) is 5.05. The zero-order valence-corrected chi connectivity index (χ0v) is 15.2. The molecule has 138 valence electrons. The summed E-state index contributed by atoms with van der Waals surface area (Å²) in [5.41, 5.74) is 2.96. The normalized spacial score (nSPS) is 28.5. The predicted molar refractivity (Wildman–Crippen MR) is 97.4 cm³/mol. The van der Waals surface area contributed by atoms with Crippen molar-refractivity contribution in [1.29, 1.82) is 0 Å². The van der Waals surface area contributed by atoms with E-state index in [2.05, 4.69) is 17.3 Å². The SMILES string of the molecule is Cc1nn(Cc2ccc(F)cc2)c(C)c1N1C(=O)[C@@H]2[C@@H](C1=O)[C@H]1C=C[C@H]2C1. The Hall–Kier alpha value is -2.76. The Balaban J connectivity index is 1.49. The third-order valence-electron chi connectivity index (χ3n) is 6.28. The van der Waals surface area contributed by atoms with E-state index >= 15 is 0 Å². The first-order valence-electron chi connectivity index (χ1n) is 9.30. The first-order valence-corrected chi connectivity index (χ1v) is 9.30. The summed E-state index contributed by atoms with van der Waals surface area (Å²) in [7, 11) is 0. The molecule has 5 rings (SSSR count). The zero-order chi connectivity index (χ0) is 18.9. The smallest absolute Gasteiger partial charge is 0.238 e. The van der Waals surface area contributed by atoms with E-state index in [0.717, 1.165) is 17.7 Å². The topological polar surface area (TPSA) is 55.2 Å². The van der Waals surface area contributed by atoms with Gasteiger partial charge in [-0.25, -0.2) is 9.29 Å². The monoisotopic (exact) mass is 365 g/mol. The van der Waals surface area contributed by atoms with Gasteiger partial charge in [0.25, 0.3) is 0 Å². The molecule has 3 aliphatic rings. The van der Waals surface area contributed by atoms with Crippen molar-refractivity contribution in [3.8, 4) is 0 Å². The van der Waals surface area contributed by atoms with E-state index in [9.17, 15) is 14.0 Å². The number of hydrogen-bond acceptors (Lipinski definition) is 3. The molecule has 1 aliphatic heterocycles. The van der Waals surface area contributed by atoms with Gasteiger partial charge < -0.3 is 0 Å². The van der Waals surface area contributed by atoms with Crippen LogP contribution >= 0.6 is 0 Å². The van der Waals surface area contributed by atoms with Crippen molar-refractivity contribution in [2.45, 2.75) is 26.8 Å². The summed E-state index contributed by atoms with van der Waals surface area (Å²) in [6.45, 7) is 4.16. The first kappa shape index (κ1) is 16.4. The Labute approximate surface area is 156 Å². The molecule has 0 spiro atoms. The molecule has 1 aromatic heterocycles. The van der Waals surface area contributed by atoms with E-state index in [-0.39, 0.29) is 41.3 Å². The number of aromatic nitrogens is 2. The van der Waals surface area contributed by atoms with Crippen LogP contribution in [0.1, 0.15) is 23.4 Å². The summed E-state index contributed by atoms with van der Waals surface area (Å²) >= 11 is 0. The lowest BCUT2D eigenvalue weighted by Gasteiger charge is -2.18. The van der Waals surface area contributed by atoms with E-state index in [1.807, 2.05) is 13.8 Å². The van der Waals surface area contributed by atoms with Gasteiger partial charge in [0.05, 0.1) is 35.5 Å². The number of imide groups is 1. The van der Waals surface area contributed by atoms with Crippen LogP contribution in [-0.2, 0) is 16.1 Å². The predicted octanol–water partition coefficient (Wildman–Crippen LogP) is 3.00. The van der Waals surface area contributed by atoms with Crippen molar-refractivity contribution in [3.05, 3.63) is 59.2 Å². The molecule has 2 heterocycles. The van der Waals surface area contributed by atoms with Crippen molar-refractivity contribution < 1.29 is 14.0 Å². The molecular formula is C21H20FN3O2. The summed E-state index contributed by atoms with van der Waals surface area (Å²) in [6, 6.07) is 6.26. The number of rotatable bonds is 3. The van der Waals surface area contributed by atoms with Crippen LogP contribution in [0.4, 0.5) is 10.1 Å². The number of fused-ring (bicyclic) bond motifs is 5. The first-order chi connectivity index (χ1) is 13.0. The maximum Gasteiger partial charge on any atom is 0.238 e. The van der Waals surface area contributed by atoms with Crippen LogP contribution in [0.2, 0.25) is 0 Å². The Bertz CT molecular complexity index is 962. The van der Waals surface area contributed by atoms with E-state index in [1.54, 1.807) is 16.8 Å². The summed E-state index contributed by atoms with van der Waals surface area (Å²) < 4.78 is 14.9. The van der Waals surface area contributed by atoms with Crippen LogP contribution < -0.4 is 4.90 Å². The number of carbonyl (C=O) groups is 2. The van der Waals surface area contributed by atoms with Gasteiger partial charge in [0.2, 0.25) is 11.8 Å². The Kier molecular flexibility index (Phi) is 3.41. The lowest BCUT2D eigenvalue weighted by molar-refractivity contribution is -0.123. The molecule has 6 heteroatoms. The van der Waals surface area contributed by atoms with Gasteiger partial charge in [-0.05, 0) is 49.8 Å². The van der Waals surface area contributed by atoms with Crippen molar-refractivity contribution >= 4 is 17.5 Å². The molecule has 1 saturated carbocycles.